The van der Waals surface area contributed by atoms with Crippen LogP contribution in [0.2, 0.25) is 5.02 Å². The molecule has 126 valence electrons. The molecule has 3 aromatic rings. The molecule has 0 saturated carbocycles. The second-order valence-electron chi connectivity index (χ2n) is 6.05. The molecule has 1 unspecified atom stereocenters. The molecule has 0 spiro atoms. The Morgan fingerprint density at radius 2 is 2.20 bits per heavy atom. The first-order valence-corrected chi connectivity index (χ1v) is 9.24. The molecule has 0 N–H and O–H groups in total. The van der Waals surface area contributed by atoms with Crippen LogP contribution in [0.25, 0.3) is 10.4 Å². The molecule has 25 heavy (non-hydrogen) atoms. The minimum Gasteiger partial charge on any atom is -0.335 e. The molecule has 0 amide bonds. The van der Waals surface area contributed by atoms with Gasteiger partial charge < -0.3 is 4.57 Å². The molecular weight excluding hydrogens is 356 g/mol. The first kappa shape index (κ1) is 16.2. The maximum absolute atomic E-state index is 12.7. The number of hydrogen-bond donors (Lipinski definition) is 0. The van der Waals surface area contributed by atoms with Crippen LogP contribution in [0.5, 0.6) is 0 Å². The molecule has 0 aliphatic carbocycles. The molecule has 2 aromatic heterocycles. The fraction of sp³-hybridized carbons (Fsp3) is 0.211. The minimum absolute atomic E-state index is 0.0944. The van der Waals surface area contributed by atoms with E-state index in [0.29, 0.717) is 23.6 Å². The van der Waals surface area contributed by atoms with E-state index in [4.69, 9.17) is 11.6 Å². The Labute approximate surface area is 154 Å². The first-order chi connectivity index (χ1) is 12.1. The summed E-state index contributed by atoms with van der Waals surface area (Å²) in [6.45, 7) is 0. The van der Waals surface area contributed by atoms with Crippen molar-refractivity contribution in [2.45, 2.75) is 25.3 Å². The number of halogens is 1. The van der Waals surface area contributed by atoms with Crippen molar-refractivity contribution in [3.63, 3.8) is 0 Å². The molecule has 0 saturated heterocycles. The third-order valence-corrected chi connectivity index (χ3v) is 5.69. The van der Waals surface area contributed by atoms with Crippen molar-refractivity contribution >= 4 is 34.5 Å². The predicted octanol–water partition coefficient (Wildman–Crippen LogP) is 4.59. The van der Waals surface area contributed by atoms with Gasteiger partial charge in [-0.25, -0.2) is 4.98 Å². The molecule has 1 aliphatic rings. The molecule has 6 heteroatoms. The highest BCUT2D eigenvalue weighted by molar-refractivity contribution is 7.15. The summed E-state index contributed by atoms with van der Waals surface area (Å²) in [6.07, 6.45) is 4.86. The smallest absolute Gasteiger partial charge is 0.179 e. The van der Waals surface area contributed by atoms with Crippen molar-refractivity contribution in [1.29, 1.82) is 0 Å². The van der Waals surface area contributed by atoms with E-state index in [1.165, 1.54) is 11.3 Å². The van der Waals surface area contributed by atoms with Gasteiger partial charge in [0.25, 0.3) is 0 Å². The van der Waals surface area contributed by atoms with Gasteiger partial charge in [-0.3, -0.25) is 9.59 Å². The fourth-order valence-electron chi connectivity index (χ4n) is 3.19. The molecule has 1 atom stereocenters. The zero-order valence-electron chi connectivity index (χ0n) is 13.3. The third-order valence-electron chi connectivity index (χ3n) is 4.41. The van der Waals surface area contributed by atoms with Crippen LogP contribution in [-0.2, 0) is 11.2 Å². The van der Waals surface area contributed by atoms with Crippen molar-refractivity contribution in [2.75, 3.05) is 0 Å². The van der Waals surface area contributed by atoms with Crippen LogP contribution in [0.1, 0.15) is 34.4 Å². The van der Waals surface area contributed by atoms with Crippen LogP contribution in [0, 0.1) is 0 Å². The zero-order valence-corrected chi connectivity index (χ0v) is 14.9. The van der Waals surface area contributed by atoms with Crippen LogP contribution in [0.15, 0.2) is 48.8 Å². The Morgan fingerprint density at radius 3 is 3.04 bits per heavy atom. The summed E-state index contributed by atoms with van der Waals surface area (Å²) in [5.41, 5.74) is 1.63. The Morgan fingerprint density at radius 1 is 1.32 bits per heavy atom. The summed E-state index contributed by atoms with van der Waals surface area (Å²) >= 11 is 7.54. The van der Waals surface area contributed by atoms with Crippen LogP contribution in [0.3, 0.4) is 0 Å². The number of aromatic nitrogens is 2. The van der Waals surface area contributed by atoms with Gasteiger partial charge in [0.2, 0.25) is 0 Å². The van der Waals surface area contributed by atoms with Crippen molar-refractivity contribution in [1.82, 2.24) is 9.55 Å². The van der Waals surface area contributed by atoms with Gasteiger partial charge >= 0.3 is 0 Å². The average molecular weight is 371 g/mol. The molecule has 1 aliphatic heterocycles. The number of carbonyl (C=O) groups is 2. The van der Waals surface area contributed by atoms with Crippen LogP contribution in [-0.4, -0.2) is 21.1 Å². The number of ketones is 2. The lowest BCUT2D eigenvalue weighted by atomic mass is 9.97. The molecular formula is C19H15ClN2O2S. The SMILES string of the molecule is O=C1CCC(C(=O)Cc2ncc(-c3cccc(Cl)c3)s2)n2cccc21. The highest BCUT2D eigenvalue weighted by atomic mass is 35.5. The van der Waals surface area contributed by atoms with E-state index in [-0.39, 0.29) is 24.0 Å². The first-order valence-electron chi connectivity index (χ1n) is 8.05. The lowest BCUT2D eigenvalue weighted by Crippen LogP contribution is -2.28. The minimum atomic E-state index is -0.277. The number of carbonyl (C=O) groups excluding carboxylic acids is 2. The Hall–Kier alpha value is -2.24. The maximum atomic E-state index is 12.7. The van der Waals surface area contributed by atoms with Crippen LogP contribution in [0.4, 0.5) is 0 Å². The van der Waals surface area contributed by atoms with Crippen molar-refractivity contribution in [3.05, 3.63) is 64.5 Å². The summed E-state index contributed by atoms with van der Waals surface area (Å²) < 4.78 is 1.81. The van der Waals surface area contributed by atoms with Crippen LogP contribution >= 0.6 is 22.9 Å². The third kappa shape index (κ3) is 3.17. The second-order valence-corrected chi connectivity index (χ2v) is 7.60. The van der Waals surface area contributed by atoms with E-state index in [9.17, 15) is 9.59 Å². The Kier molecular flexibility index (Phi) is 4.27. The number of fused-ring (bicyclic) bond motifs is 1. The van der Waals surface area contributed by atoms with Gasteiger partial charge in [0, 0.05) is 23.8 Å². The topological polar surface area (TPSA) is 52.0 Å². The van der Waals surface area contributed by atoms with E-state index in [1.807, 2.05) is 36.5 Å². The summed E-state index contributed by atoms with van der Waals surface area (Å²) in [4.78, 5) is 30.0. The molecule has 0 bridgehead atoms. The van der Waals surface area contributed by atoms with Gasteiger partial charge in [-0.1, -0.05) is 23.7 Å². The fourth-order valence-corrected chi connectivity index (χ4v) is 4.30. The molecule has 3 heterocycles. The van der Waals surface area contributed by atoms with Gasteiger partial charge in [-0.2, -0.15) is 0 Å². The van der Waals surface area contributed by atoms with Gasteiger partial charge in [0.15, 0.2) is 11.6 Å². The van der Waals surface area contributed by atoms with E-state index < -0.39 is 0 Å². The molecule has 4 nitrogen and oxygen atoms in total. The van der Waals surface area contributed by atoms with Gasteiger partial charge in [-0.05, 0) is 36.2 Å². The molecule has 4 rings (SSSR count). The number of hydrogen-bond acceptors (Lipinski definition) is 4. The molecule has 0 fully saturated rings. The molecule has 1 aromatic carbocycles. The van der Waals surface area contributed by atoms with Crippen molar-refractivity contribution in [2.24, 2.45) is 0 Å². The largest absolute Gasteiger partial charge is 0.335 e. The van der Waals surface area contributed by atoms with Gasteiger partial charge in [0.1, 0.15) is 5.01 Å². The highest BCUT2D eigenvalue weighted by Crippen LogP contribution is 2.31. The van der Waals surface area contributed by atoms with Crippen molar-refractivity contribution in [3.8, 4) is 10.4 Å². The van der Waals surface area contributed by atoms with E-state index in [0.717, 1.165) is 15.4 Å². The number of nitrogens with zero attached hydrogens (tertiary/aromatic N) is 2. The number of Topliss-reactive ketones (excluding diaryl/α,β-unsaturated/α-hetero) is 2. The van der Waals surface area contributed by atoms with Gasteiger partial charge in [0.05, 0.1) is 23.0 Å². The van der Waals surface area contributed by atoms with E-state index in [1.54, 1.807) is 16.8 Å². The van der Waals surface area contributed by atoms with E-state index in [2.05, 4.69) is 4.98 Å². The number of benzene rings is 1. The summed E-state index contributed by atoms with van der Waals surface area (Å²) in [7, 11) is 0. The van der Waals surface area contributed by atoms with Crippen LogP contribution < -0.4 is 0 Å². The summed E-state index contributed by atoms with van der Waals surface area (Å²) in [5.74, 6) is 0.198. The average Bonchev–Trinajstić information content (AvgIpc) is 3.25. The standard InChI is InChI=1S/C19H15ClN2O2S/c20-13-4-1-3-12(9-13)18-11-21-19(25-18)10-17(24)15-6-7-16(23)14-5-2-8-22(14)15/h1-5,8-9,11,15H,6-7,10H2. The monoisotopic (exact) mass is 370 g/mol. The van der Waals surface area contributed by atoms with E-state index >= 15 is 0 Å². The molecule has 0 radical (unpaired) electrons. The Balaban J connectivity index is 1.53. The quantitative estimate of drug-likeness (QED) is 0.674. The Bertz CT molecular complexity index is 960. The predicted molar refractivity (Wildman–Crippen MR) is 98.3 cm³/mol. The summed E-state index contributed by atoms with van der Waals surface area (Å²) in [6, 6.07) is 10.9. The normalized spacial score (nSPS) is 16.7. The lowest BCUT2D eigenvalue weighted by Gasteiger charge is -2.24. The summed E-state index contributed by atoms with van der Waals surface area (Å²) in [5, 5.41) is 1.46. The van der Waals surface area contributed by atoms with Gasteiger partial charge in [-0.15, -0.1) is 11.3 Å². The maximum Gasteiger partial charge on any atom is 0.179 e. The highest BCUT2D eigenvalue weighted by Gasteiger charge is 2.29. The number of rotatable bonds is 4. The number of thiazole rings is 1. The lowest BCUT2D eigenvalue weighted by molar-refractivity contribution is -0.121. The van der Waals surface area contributed by atoms with Crippen molar-refractivity contribution < 1.29 is 9.59 Å². The zero-order chi connectivity index (χ0) is 17.4. The second kappa shape index (κ2) is 6.58.